The lowest BCUT2D eigenvalue weighted by Gasteiger charge is -1.96. The third-order valence-electron chi connectivity index (χ3n) is 1.45. The van der Waals surface area contributed by atoms with Gasteiger partial charge in [-0.05, 0) is 37.0 Å². The lowest BCUT2D eigenvalue weighted by atomic mass is 10.3. The first-order valence-electron chi connectivity index (χ1n) is 4.27. The number of aromatic nitrogens is 1. The Hall–Kier alpha value is -1.29. The summed E-state index contributed by atoms with van der Waals surface area (Å²) in [5.41, 5.74) is 6.79. The van der Waals surface area contributed by atoms with E-state index in [0.29, 0.717) is 11.0 Å². The van der Waals surface area contributed by atoms with Crippen LogP contribution in [0.3, 0.4) is 0 Å². The van der Waals surface area contributed by atoms with Crippen LogP contribution in [0, 0.1) is 6.92 Å². The molecule has 1 aromatic heterocycles. The molecule has 0 fully saturated rings. The van der Waals surface area contributed by atoms with Gasteiger partial charge < -0.3 is 5.73 Å². The molecule has 0 spiro atoms. The summed E-state index contributed by atoms with van der Waals surface area (Å²) in [5.74, 6) is 0.652. The molecule has 4 heteroatoms. The Bertz CT molecular complexity index is 358. The van der Waals surface area contributed by atoms with E-state index in [-0.39, 0.29) is 0 Å². The Balaban J connectivity index is 2.75. The highest BCUT2D eigenvalue weighted by molar-refractivity contribution is 8.16. The average molecular weight is 207 g/mol. The highest BCUT2D eigenvalue weighted by Gasteiger charge is 1.93. The standard InChI is InChI=1S/C10H13N3S/c1-3-6-14-10(11)13-9-7-8(2)4-5-12-9/h3-7H,1-2H3,(H2,11,12,13)/b6-3+. The monoisotopic (exact) mass is 207 g/mol. The molecule has 0 unspecified atom stereocenters. The molecule has 0 saturated heterocycles. The quantitative estimate of drug-likeness (QED) is 0.599. The summed E-state index contributed by atoms with van der Waals surface area (Å²) in [6.07, 6.45) is 3.64. The van der Waals surface area contributed by atoms with Crippen molar-refractivity contribution >= 4 is 22.7 Å². The van der Waals surface area contributed by atoms with Gasteiger partial charge >= 0.3 is 0 Å². The van der Waals surface area contributed by atoms with E-state index >= 15 is 0 Å². The van der Waals surface area contributed by atoms with Gasteiger partial charge in [-0.15, -0.1) is 0 Å². The SMILES string of the molecule is C/C=C/SC(N)=Nc1cc(C)ccn1. The fraction of sp³-hybridized carbons (Fsp3) is 0.200. The zero-order valence-corrected chi connectivity index (χ0v) is 9.08. The molecule has 0 aliphatic carbocycles. The van der Waals surface area contributed by atoms with Crippen LogP contribution >= 0.6 is 11.8 Å². The highest BCUT2D eigenvalue weighted by Crippen LogP contribution is 2.12. The van der Waals surface area contributed by atoms with Crippen molar-refractivity contribution in [1.82, 2.24) is 4.98 Å². The molecule has 3 nitrogen and oxygen atoms in total. The first kappa shape index (κ1) is 10.8. The van der Waals surface area contributed by atoms with Crippen LogP contribution in [0.2, 0.25) is 0 Å². The molecular formula is C10H13N3S. The van der Waals surface area contributed by atoms with Gasteiger partial charge in [-0.3, -0.25) is 0 Å². The van der Waals surface area contributed by atoms with Crippen molar-refractivity contribution in [2.75, 3.05) is 0 Å². The molecule has 0 aromatic carbocycles. The number of pyridine rings is 1. The maximum Gasteiger partial charge on any atom is 0.165 e. The van der Waals surface area contributed by atoms with E-state index in [2.05, 4.69) is 9.98 Å². The van der Waals surface area contributed by atoms with Crippen LogP contribution in [-0.2, 0) is 0 Å². The van der Waals surface area contributed by atoms with Crippen molar-refractivity contribution in [1.29, 1.82) is 0 Å². The molecule has 0 aliphatic heterocycles. The molecule has 1 heterocycles. The Morgan fingerprint density at radius 1 is 1.64 bits per heavy atom. The number of rotatable bonds is 2. The van der Waals surface area contributed by atoms with Crippen LogP contribution in [0.25, 0.3) is 0 Å². The number of hydrogen-bond acceptors (Lipinski definition) is 3. The summed E-state index contributed by atoms with van der Waals surface area (Å²) in [7, 11) is 0. The fourth-order valence-electron chi connectivity index (χ4n) is 0.858. The molecule has 0 amide bonds. The number of nitrogens with two attached hydrogens (primary N) is 1. The van der Waals surface area contributed by atoms with Crippen LogP contribution in [0.15, 0.2) is 34.8 Å². The number of allylic oxidation sites excluding steroid dienone is 1. The fourth-order valence-corrected chi connectivity index (χ4v) is 1.28. The van der Waals surface area contributed by atoms with Crippen molar-refractivity contribution in [3.8, 4) is 0 Å². The number of amidine groups is 1. The Morgan fingerprint density at radius 3 is 3.07 bits per heavy atom. The molecule has 14 heavy (non-hydrogen) atoms. The molecule has 1 aromatic rings. The topological polar surface area (TPSA) is 51.3 Å². The molecule has 0 aliphatic rings. The van der Waals surface area contributed by atoms with E-state index in [1.165, 1.54) is 11.8 Å². The van der Waals surface area contributed by atoms with Gasteiger partial charge in [0.1, 0.15) is 0 Å². The highest BCUT2D eigenvalue weighted by atomic mass is 32.2. The second kappa shape index (κ2) is 5.44. The largest absolute Gasteiger partial charge is 0.378 e. The van der Waals surface area contributed by atoms with E-state index in [4.69, 9.17) is 5.73 Å². The minimum absolute atomic E-state index is 0.501. The normalized spacial score (nSPS) is 12.3. The summed E-state index contributed by atoms with van der Waals surface area (Å²) < 4.78 is 0. The number of thioether (sulfide) groups is 1. The van der Waals surface area contributed by atoms with Crippen LogP contribution in [0.5, 0.6) is 0 Å². The van der Waals surface area contributed by atoms with E-state index in [9.17, 15) is 0 Å². The Kier molecular flexibility index (Phi) is 4.19. The third kappa shape index (κ3) is 3.62. The molecule has 0 saturated carbocycles. The summed E-state index contributed by atoms with van der Waals surface area (Å²) in [6, 6.07) is 3.82. The van der Waals surface area contributed by atoms with Gasteiger partial charge in [0.05, 0.1) is 0 Å². The molecule has 0 radical (unpaired) electrons. The summed E-state index contributed by atoms with van der Waals surface area (Å²) in [5, 5.41) is 2.38. The maximum absolute atomic E-state index is 5.66. The zero-order valence-electron chi connectivity index (χ0n) is 8.27. The summed E-state index contributed by atoms with van der Waals surface area (Å²) in [4.78, 5) is 8.24. The van der Waals surface area contributed by atoms with Gasteiger partial charge in [-0.25, -0.2) is 9.98 Å². The van der Waals surface area contributed by atoms with Gasteiger partial charge in [-0.1, -0.05) is 17.8 Å². The van der Waals surface area contributed by atoms with Crippen LogP contribution in [0.1, 0.15) is 12.5 Å². The van der Waals surface area contributed by atoms with Crippen molar-refractivity contribution in [3.63, 3.8) is 0 Å². The van der Waals surface area contributed by atoms with Crippen LogP contribution < -0.4 is 5.73 Å². The molecule has 0 atom stereocenters. The second-order valence-electron chi connectivity index (χ2n) is 2.73. The lowest BCUT2D eigenvalue weighted by Crippen LogP contribution is -2.04. The van der Waals surface area contributed by atoms with Gasteiger partial charge in [-0.2, -0.15) is 0 Å². The molecule has 2 N–H and O–H groups in total. The van der Waals surface area contributed by atoms with Crippen LogP contribution in [-0.4, -0.2) is 10.2 Å². The lowest BCUT2D eigenvalue weighted by molar-refractivity contribution is 1.24. The minimum Gasteiger partial charge on any atom is -0.378 e. The second-order valence-corrected chi connectivity index (χ2v) is 3.65. The van der Waals surface area contributed by atoms with E-state index < -0.39 is 0 Å². The Morgan fingerprint density at radius 2 is 2.43 bits per heavy atom. The summed E-state index contributed by atoms with van der Waals surface area (Å²) >= 11 is 1.38. The first-order chi connectivity index (χ1) is 6.72. The number of nitrogens with zero attached hydrogens (tertiary/aromatic N) is 2. The minimum atomic E-state index is 0.501. The smallest absolute Gasteiger partial charge is 0.165 e. The van der Waals surface area contributed by atoms with Gasteiger partial charge in [0.15, 0.2) is 11.0 Å². The number of aliphatic imine (C=N–C) groups is 1. The van der Waals surface area contributed by atoms with Gasteiger partial charge in [0.2, 0.25) is 0 Å². The average Bonchev–Trinajstić information content (AvgIpc) is 2.15. The molecule has 0 bridgehead atoms. The van der Waals surface area contributed by atoms with Crippen molar-refractivity contribution in [3.05, 3.63) is 35.4 Å². The maximum atomic E-state index is 5.66. The third-order valence-corrected chi connectivity index (χ3v) is 2.19. The summed E-state index contributed by atoms with van der Waals surface area (Å²) in [6.45, 7) is 3.93. The zero-order chi connectivity index (χ0) is 10.4. The molecule has 1 rings (SSSR count). The van der Waals surface area contributed by atoms with E-state index in [1.54, 1.807) is 6.20 Å². The predicted octanol–water partition coefficient (Wildman–Crippen LogP) is 2.60. The van der Waals surface area contributed by atoms with Crippen molar-refractivity contribution in [2.24, 2.45) is 10.7 Å². The van der Waals surface area contributed by atoms with Gasteiger partial charge in [0.25, 0.3) is 0 Å². The first-order valence-corrected chi connectivity index (χ1v) is 5.15. The van der Waals surface area contributed by atoms with Gasteiger partial charge in [0, 0.05) is 6.20 Å². The van der Waals surface area contributed by atoms with E-state index in [0.717, 1.165) is 5.56 Å². The molecular weight excluding hydrogens is 194 g/mol. The van der Waals surface area contributed by atoms with Crippen molar-refractivity contribution < 1.29 is 0 Å². The number of hydrogen-bond donors (Lipinski definition) is 1. The Labute approximate surface area is 88.1 Å². The van der Waals surface area contributed by atoms with Crippen molar-refractivity contribution in [2.45, 2.75) is 13.8 Å². The predicted molar refractivity (Wildman–Crippen MR) is 62.7 cm³/mol. The van der Waals surface area contributed by atoms with Crippen LogP contribution in [0.4, 0.5) is 5.82 Å². The van der Waals surface area contributed by atoms with E-state index in [1.807, 2.05) is 37.5 Å². The molecule has 74 valence electrons. The number of aryl methyl sites for hydroxylation is 1.